The third-order valence-electron chi connectivity index (χ3n) is 5.59. The molecule has 0 aromatic heterocycles. The van der Waals surface area contributed by atoms with Crippen LogP contribution in [0, 0.1) is 0 Å². The SMILES string of the molecule is COc1ccc(OCC2(COCc3ccccc3)C/C(=C\c3ccccc3OC)C(=O)O2)cc1. The van der Waals surface area contributed by atoms with E-state index in [1.54, 1.807) is 14.2 Å². The highest BCUT2D eigenvalue weighted by molar-refractivity contribution is 5.96. The van der Waals surface area contributed by atoms with Gasteiger partial charge in [0.1, 0.15) is 23.9 Å². The van der Waals surface area contributed by atoms with Crippen molar-refractivity contribution < 1.29 is 28.5 Å². The molecule has 0 N–H and O–H groups in total. The lowest BCUT2D eigenvalue weighted by atomic mass is 9.97. The van der Waals surface area contributed by atoms with E-state index in [4.69, 9.17) is 23.7 Å². The summed E-state index contributed by atoms with van der Waals surface area (Å²) in [6.45, 7) is 0.768. The van der Waals surface area contributed by atoms with Crippen LogP contribution in [0.25, 0.3) is 6.08 Å². The number of esters is 1. The van der Waals surface area contributed by atoms with Crippen LogP contribution in [0.2, 0.25) is 0 Å². The van der Waals surface area contributed by atoms with Crippen molar-refractivity contribution in [2.45, 2.75) is 18.6 Å². The summed E-state index contributed by atoms with van der Waals surface area (Å²) in [7, 11) is 3.22. The molecule has 0 saturated carbocycles. The minimum absolute atomic E-state index is 0.156. The Morgan fingerprint density at radius 3 is 2.29 bits per heavy atom. The van der Waals surface area contributed by atoms with Gasteiger partial charge in [0.05, 0.1) is 27.4 Å². The summed E-state index contributed by atoms with van der Waals surface area (Å²) in [6.07, 6.45) is 2.17. The van der Waals surface area contributed by atoms with E-state index in [0.29, 0.717) is 30.1 Å². The third-order valence-corrected chi connectivity index (χ3v) is 5.59. The van der Waals surface area contributed by atoms with Crippen molar-refractivity contribution in [3.63, 3.8) is 0 Å². The summed E-state index contributed by atoms with van der Waals surface area (Å²) in [4.78, 5) is 12.9. The molecule has 1 fully saturated rings. The maximum Gasteiger partial charge on any atom is 0.334 e. The molecule has 1 unspecified atom stereocenters. The monoisotopic (exact) mass is 460 g/mol. The molecule has 6 heteroatoms. The molecular weight excluding hydrogens is 432 g/mol. The summed E-state index contributed by atoms with van der Waals surface area (Å²) >= 11 is 0. The minimum Gasteiger partial charge on any atom is -0.497 e. The molecule has 0 bridgehead atoms. The molecule has 1 saturated heterocycles. The Balaban J connectivity index is 1.52. The van der Waals surface area contributed by atoms with Gasteiger partial charge in [-0.1, -0.05) is 48.5 Å². The molecule has 0 spiro atoms. The highest BCUT2D eigenvalue weighted by Gasteiger charge is 2.45. The van der Waals surface area contributed by atoms with E-state index < -0.39 is 5.60 Å². The molecule has 0 aliphatic carbocycles. The van der Waals surface area contributed by atoms with Crippen molar-refractivity contribution in [1.29, 1.82) is 0 Å². The minimum atomic E-state index is -0.945. The number of rotatable bonds is 10. The molecule has 1 aliphatic heterocycles. The quantitative estimate of drug-likeness (QED) is 0.311. The van der Waals surface area contributed by atoms with Gasteiger partial charge in [-0.15, -0.1) is 0 Å². The molecule has 1 atom stereocenters. The van der Waals surface area contributed by atoms with E-state index in [2.05, 4.69) is 0 Å². The molecule has 0 amide bonds. The topological polar surface area (TPSA) is 63.2 Å². The van der Waals surface area contributed by atoms with Gasteiger partial charge in [0.2, 0.25) is 0 Å². The van der Waals surface area contributed by atoms with Gasteiger partial charge in [-0.2, -0.15) is 0 Å². The van der Waals surface area contributed by atoms with Gasteiger partial charge in [-0.3, -0.25) is 0 Å². The van der Waals surface area contributed by atoms with Crippen LogP contribution in [0.5, 0.6) is 17.2 Å². The Hall–Kier alpha value is -3.77. The molecule has 3 aromatic carbocycles. The zero-order valence-electron chi connectivity index (χ0n) is 19.4. The summed E-state index contributed by atoms with van der Waals surface area (Å²) < 4.78 is 28.5. The second-order valence-electron chi connectivity index (χ2n) is 8.10. The zero-order chi connectivity index (χ0) is 23.8. The largest absolute Gasteiger partial charge is 0.497 e. The summed E-state index contributed by atoms with van der Waals surface area (Å²) in [5.74, 6) is 1.70. The normalized spacial score (nSPS) is 18.5. The van der Waals surface area contributed by atoms with Crippen LogP contribution in [-0.2, 0) is 20.9 Å². The first-order valence-electron chi connectivity index (χ1n) is 11.1. The van der Waals surface area contributed by atoms with Crippen LogP contribution in [0.1, 0.15) is 17.5 Å². The van der Waals surface area contributed by atoms with Gasteiger partial charge in [-0.05, 0) is 42.0 Å². The smallest absolute Gasteiger partial charge is 0.334 e. The number of methoxy groups -OCH3 is 2. The van der Waals surface area contributed by atoms with Gasteiger partial charge in [0.15, 0.2) is 5.60 Å². The van der Waals surface area contributed by atoms with Crippen LogP contribution in [0.15, 0.2) is 84.4 Å². The van der Waals surface area contributed by atoms with Crippen molar-refractivity contribution in [3.05, 3.63) is 95.6 Å². The molecule has 1 heterocycles. The first-order chi connectivity index (χ1) is 16.6. The van der Waals surface area contributed by atoms with E-state index in [1.165, 1.54) is 0 Å². The van der Waals surface area contributed by atoms with Gasteiger partial charge >= 0.3 is 5.97 Å². The van der Waals surface area contributed by atoms with Crippen LogP contribution in [0.4, 0.5) is 0 Å². The number of carbonyl (C=O) groups is 1. The maximum atomic E-state index is 12.9. The van der Waals surface area contributed by atoms with Crippen molar-refractivity contribution in [2.24, 2.45) is 0 Å². The Labute approximate surface area is 199 Å². The number of para-hydroxylation sites is 1. The molecule has 4 rings (SSSR count). The predicted molar refractivity (Wildman–Crippen MR) is 129 cm³/mol. The lowest BCUT2D eigenvalue weighted by Gasteiger charge is -2.27. The Morgan fingerprint density at radius 1 is 0.853 bits per heavy atom. The average Bonchev–Trinajstić information content (AvgIpc) is 3.19. The summed E-state index contributed by atoms with van der Waals surface area (Å²) in [5.41, 5.74) is 1.46. The van der Waals surface area contributed by atoms with E-state index in [0.717, 1.165) is 16.9 Å². The van der Waals surface area contributed by atoms with Crippen molar-refractivity contribution in [2.75, 3.05) is 27.4 Å². The van der Waals surface area contributed by atoms with E-state index in [1.807, 2.05) is 84.9 Å². The Kier molecular flexibility index (Phi) is 7.50. The first kappa shape index (κ1) is 23.4. The maximum absolute atomic E-state index is 12.9. The number of carbonyl (C=O) groups excluding carboxylic acids is 1. The second-order valence-corrected chi connectivity index (χ2v) is 8.10. The molecule has 0 radical (unpaired) electrons. The summed E-state index contributed by atoms with van der Waals surface area (Å²) in [5, 5.41) is 0. The molecule has 176 valence electrons. The molecular formula is C28H28O6. The number of ether oxygens (including phenoxy) is 5. The second kappa shape index (κ2) is 10.9. The van der Waals surface area contributed by atoms with Gasteiger partial charge in [-0.25, -0.2) is 4.79 Å². The van der Waals surface area contributed by atoms with Crippen LogP contribution < -0.4 is 14.2 Å². The highest BCUT2D eigenvalue weighted by atomic mass is 16.6. The van der Waals surface area contributed by atoms with Crippen LogP contribution >= 0.6 is 0 Å². The fourth-order valence-electron chi connectivity index (χ4n) is 3.82. The fraction of sp³-hybridized carbons (Fsp3) is 0.250. The zero-order valence-corrected chi connectivity index (χ0v) is 19.4. The predicted octanol–water partition coefficient (Wildman–Crippen LogP) is 5.07. The average molecular weight is 461 g/mol. The number of benzene rings is 3. The molecule has 3 aromatic rings. The standard InChI is InChI=1S/C28H28O6/c1-30-24-12-14-25(15-13-24)33-20-28(19-32-18-21-8-4-3-5-9-21)17-23(27(29)34-28)16-22-10-6-7-11-26(22)31-2/h3-16H,17-20H2,1-2H3/b23-16+. The summed E-state index contributed by atoms with van der Waals surface area (Å²) in [6, 6.07) is 24.7. The third kappa shape index (κ3) is 5.77. The van der Waals surface area contributed by atoms with E-state index >= 15 is 0 Å². The number of cyclic esters (lactones) is 1. The van der Waals surface area contributed by atoms with Crippen LogP contribution in [-0.4, -0.2) is 39.0 Å². The lowest BCUT2D eigenvalue weighted by Crippen LogP contribution is -2.40. The highest BCUT2D eigenvalue weighted by Crippen LogP contribution is 2.35. The Morgan fingerprint density at radius 2 is 1.56 bits per heavy atom. The van der Waals surface area contributed by atoms with E-state index in [-0.39, 0.29) is 19.2 Å². The lowest BCUT2D eigenvalue weighted by molar-refractivity contribution is -0.156. The molecule has 6 nitrogen and oxygen atoms in total. The number of hydrogen-bond donors (Lipinski definition) is 0. The van der Waals surface area contributed by atoms with Gasteiger partial charge in [0, 0.05) is 17.6 Å². The Bertz CT molecular complexity index is 1120. The first-order valence-corrected chi connectivity index (χ1v) is 11.1. The van der Waals surface area contributed by atoms with Crippen molar-refractivity contribution in [3.8, 4) is 17.2 Å². The van der Waals surface area contributed by atoms with Crippen LogP contribution in [0.3, 0.4) is 0 Å². The van der Waals surface area contributed by atoms with E-state index in [9.17, 15) is 4.79 Å². The van der Waals surface area contributed by atoms with Crippen molar-refractivity contribution >= 4 is 12.0 Å². The van der Waals surface area contributed by atoms with Crippen molar-refractivity contribution in [1.82, 2.24) is 0 Å². The molecule has 1 aliphatic rings. The fourth-order valence-corrected chi connectivity index (χ4v) is 3.82. The number of hydrogen-bond acceptors (Lipinski definition) is 6. The van der Waals surface area contributed by atoms with Gasteiger partial charge < -0.3 is 23.7 Å². The van der Waals surface area contributed by atoms with Gasteiger partial charge in [0.25, 0.3) is 0 Å². The molecule has 34 heavy (non-hydrogen) atoms.